The van der Waals surface area contributed by atoms with Crippen LogP contribution in [0.5, 0.6) is 0 Å². The molecule has 1 saturated carbocycles. The van der Waals surface area contributed by atoms with Crippen molar-refractivity contribution < 1.29 is 9.53 Å². The molecule has 1 amide bonds. The third kappa shape index (κ3) is 3.33. The first-order valence-corrected chi connectivity index (χ1v) is 6.24. The highest BCUT2D eigenvalue weighted by atomic mass is 35.5. The molecule has 100 valence electrons. The maximum atomic E-state index is 11.9. The van der Waals surface area contributed by atoms with Crippen molar-refractivity contribution in [3.63, 3.8) is 0 Å². The Morgan fingerprint density at radius 2 is 2.18 bits per heavy atom. The summed E-state index contributed by atoms with van der Waals surface area (Å²) in [6, 6.07) is 0.321. The Balaban J connectivity index is 0.00000144. The van der Waals surface area contributed by atoms with Crippen LogP contribution in [0.4, 0.5) is 0 Å². The zero-order chi connectivity index (χ0) is 11.5. The molecule has 1 saturated heterocycles. The minimum Gasteiger partial charge on any atom is -0.385 e. The molecule has 3 unspecified atom stereocenters. The summed E-state index contributed by atoms with van der Waals surface area (Å²) in [4.78, 5) is 13.9. The van der Waals surface area contributed by atoms with Gasteiger partial charge in [0.25, 0.3) is 0 Å². The van der Waals surface area contributed by atoms with Crippen LogP contribution in [-0.2, 0) is 9.53 Å². The van der Waals surface area contributed by atoms with Crippen molar-refractivity contribution in [1.82, 2.24) is 4.90 Å². The van der Waals surface area contributed by atoms with Gasteiger partial charge in [0.15, 0.2) is 0 Å². The molecular formula is C12H23ClN2O2. The van der Waals surface area contributed by atoms with Gasteiger partial charge in [-0.15, -0.1) is 12.4 Å². The molecule has 2 rings (SSSR count). The van der Waals surface area contributed by atoms with Crippen LogP contribution in [0.2, 0.25) is 0 Å². The summed E-state index contributed by atoms with van der Waals surface area (Å²) in [5, 5.41) is 0. The molecule has 5 heteroatoms. The molecular weight excluding hydrogens is 240 g/mol. The smallest absolute Gasteiger partial charge is 0.222 e. The molecule has 0 radical (unpaired) electrons. The van der Waals surface area contributed by atoms with Crippen molar-refractivity contribution in [2.45, 2.75) is 31.7 Å². The molecule has 1 aliphatic heterocycles. The Morgan fingerprint density at radius 1 is 1.41 bits per heavy atom. The van der Waals surface area contributed by atoms with Crippen LogP contribution in [0, 0.1) is 11.8 Å². The summed E-state index contributed by atoms with van der Waals surface area (Å²) in [6.07, 6.45) is 3.78. The highest BCUT2D eigenvalue weighted by Gasteiger charge is 2.42. The Hall–Kier alpha value is -0.320. The van der Waals surface area contributed by atoms with Gasteiger partial charge in [-0.3, -0.25) is 4.79 Å². The molecule has 2 aliphatic rings. The SMILES string of the molecule is COCCCC(=O)N1CC2CCC(N)C2C1.Cl. The average molecular weight is 263 g/mol. The lowest BCUT2D eigenvalue weighted by molar-refractivity contribution is -0.130. The molecule has 1 heterocycles. The minimum absolute atomic E-state index is 0. The summed E-state index contributed by atoms with van der Waals surface area (Å²) in [6.45, 7) is 2.49. The number of halogens is 1. The number of nitrogens with two attached hydrogens (primary N) is 1. The van der Waals surface area contributed by atoms with Crippen LogP contribution in [0.3, 0.4) is 0 Å². The predicted octanol–water partition coefficient (Wildman–Crippen LogP) is 1.03. The van der Waals surface area contributed by atoms with Gasteiger partial charge in [-0.2, -0.15) is 0 Å². The fourth-order valence-corrected chi connectivity index (χ4v) is 3.04. The largest absolute Gasteiger partial charge is 0.385 e. The second-order valence-electron chi connectivity index (χ2n) is 5.06. The number of rotatable bonds is 4. The van der Waals surface area contributed by atoms with E-state index >= 15 is 0 Å². The van der Waals surface area contributed by atoms with Gasteiger partial charge in [-0.25, -0.2) is 0 Å². The highest BCUT2D eigenvalue weighted by molar-refractivity contribution is 5.85. The molecule has 0 aromatic rings. The van der Waals surface area contributed by atoms with Gasteiger partial charge in [0, 0.05) is 39.3 Å². The van der Waals surface area contributed by atoms with E-state index in [1.165, 1.54) is 6.42 Å². The Kier molecular flexibility index (Phi) is 5.70. The predicted molar refractivity (Wildman–Crippen MR) is 69.1 cm³/mol. The van der Waals surface area contributed by atoms with Gasteiger partial charge >= 0.3 is 0 Å². The van der Waals surface area contributed by atoms with E-state index in [9.17, 15) is 4.79 Å². The fourth-order valence-electron chi connectivity index (χ4n) is 3.04. The van der Waals surface area contributed by atoms with Crippen LogP contribution in [-0.4, -0.2) is 43.7 Å². The number of hydrogen-bond acceptors (Lipinski definition) is 3. The summed E-state index contributed by atoms with van der Waals surface area (Å²) in [5.74, 6) is 1.51. The summed E-state index contributed by atoms with van der Waals surface area (Å²) < 4.78 is 4.96. The number of carbonyl (C=O) groups is 1. The van der Waals surface area contributed by atoms with E-state index in [0.717, 1.165) is 25.9 Å². The van der Waals surface area contributed by atoms with Crippen LogP contribution >= 0.6 is 12.4 Å². The van der Waals surface area contributed by atoms with Crippen molar-refractivity contribution in [2.75, 3.05) is 26.8 Å². The zero-order valence-electron chi connectivity index (χ0n) is 10.4. The van der Waals surface area contributed by atoms with Crippen molar-refractivity contribution in [3.05, 3.63) is 0 Å². The molecule has 4 nitrogen and oxygen atoms in total. The molecule has 0 aromatic carbocycles. The van der Waals surface area contributed by atoms with E-state index in [0.29, 0.717) is 30.9 Å². The normalized spacial score (nSPS) is 31.2. The molecule has 3 atom stereocenters. The monoisotopic (exact) mass is 262 g/mol. The van der Waals surface area contributed by atoms with Crippen LogP contribution in [0.25, 0.3) is 0 Å². The number of amides is 1. The number of methoxy groups -OCH3 is 1. The van der Waals surface area contributed by atoms with E-state index in [1.807, 2.05) is 4.90 Å². The average Bonchev–Trinajstić information content (AvgIpc) is 2.82. The molecule has 17 heavy (non-hydrogen) atoms. The van der Waals surface area contributed by atoms with Crippen LogP contribution in [0.15, 0.2) is 0 Å². The lowest BCUT2D eigenvalue weighted by Gasteiger charge is -2.18. The van der Waals surface area contributed by atoms with E-state index in [-0.39, 0.29) is 18.3 Å². The van der Waals surface area contributed by atoms with Crippen LogP contribution in [0.1, 0.15) is 25.7 Å². The second kappa shape index (κ2) is 6.57. The maximum Gasteiger partial charge on any atom is 0.222 e. The number of nitrogens with zero attached hydrogens (tertiary/aromatic N) is 1. The Labute approximate surface area is 109 Å². The first-order valence-electron chi connectivity index (χ1n) is 6.24. The summed E-state index contributed by atoms with van der Waals surface area (Å²) in [7, 11) is 1.67. The molecule has 0 aromatic heterocycles. The minimum atomic E-state index is 0. The quantitative estimate of drug-likeness (QED) is 0.770. The Bertz CT molecular complexity index is 263. The molecule has 0 bridgehead atoms. The van der Waals surface area contributed by atoms with E-state index in [2.05, 4.69) is 0 Å². The molecule has 2 fully saturated rings. The number of carbonyl (C=O) groups excluding carboxylic acids is 1. The second-order valence-corrected chi connectivity index (χ2v) is 5.06. The van der Waals surface area contributed by atoms with E-state index in [4.69, 9.17) is 10.5 Å². The van der Waals surface area contributed by atoms with Crippen molar-refractivity contribution in [2.24, 2.45) is 17.6 Å². The van der Waals surface area contributed by atoms with Gasteiger partial charge in [0.2, 0.25) is 5.91 Å². The van der Waals surface area contributed by atoms with Gasteiger partial charge in [0.05, 0.1) is 0 Å². The Morgan fingerprint density at radius 3 is 2.82 bits per heavy atom. The van der Waals surface area contributed by atoms with E-state index in [1.54, 1.807) is 7.11 Å². The van der Waals surface area contributed by atoms with Gasteiger partial charge in [-0.1, -0.05) is 0 Å². The standard InChI is InChI=1S/C12H22N2O2.ClH/c1-16-6-2-3-12(15)14-7-9-4-5-11(13)10(9)8-14;/h9-11H,2-8,13H2,1H3;1H. The van der Waals surface area contributed by atoms with Gasteiger partial charge in [0.1, 0.15) is 0 Å². The summed E-state index contributed by atoms with van der Waals surface area (Å²) in [5.41, 5.74) is 6.05. The van der Waals surface area contributed by atoms with Crippen molar-refractivity contribution >= 4 is 18.3 Å². The number of ether oxygens (including phenoxy) is 1. The van der Waals surface area contributed by atoms with Crippen LogP contribution < -0.4 is 5.73 Å². The number of likely N-dealkylation sites (tertiary alicyclic amines) is 1. The highest BCUT2D eigenvalue weighted by Crippen LogP contribution is 2.37. The van der Waals surface area contributed by atoms with Gasteiger partial charge < -0.3 is 15.4 Å². The maximum absolute atomic E-state index is 11.9. The molecule has 0 spiro atoms. The fraction of sp³-hybridized carbons (Fsp3) is 0.917. The first kappa shape index (κ1) is 14.7. The lowest BCUT2D eigenvalue weighted by Crippen LogP contribution is -2.33. The lowest BCUT2D eigenvalue weighted by atomic mass is 9.98. The summed E-state index contributed by atoms with van der Waals surface area (Å²) >= 11 is 0. The number of fused-ring (bicyclic) bond motifs is 1. The number of hydrogen-bond donors (Lipinski definition) is 1. The molecule has 2 N–H and O–H groups in total. The topological polar surface area (TPSA) is 55.6 Å². The van der Waals surface area contributed by atoms with E-state index < -0.39 is 0 Å². The third-order valence-electron chi connectivity index (χ3n) is 4.00. The van der Waals surface area contributed by atoms with Crippen molar-refractivity contribution in [1.29, 1.82) is 0 Å². The zero-order valence-corrected chi connectivity index (χ0v) is 11.2. The molecule has 1 aliphatic carbocycles. The first-order chi connectivity index (χ1) is 7.72. The van der Waals surface area contributed by atoms with Gasteiger partial charge in [-0.05, 0) is 31.1 Å². The third-order valence-corrected chi connectivity index (χ3v) is 4.00. The van der Waals surface area contributed by atoms with Crippen molar-refractivity contribution in [3.8, 4) is 0 Å².